The molecule has 0 atom stereocenters. The van der Waals surface area contributed by atoms with Gasteiger partial charge < -0.3 is 15.0 Å². The first-order valence-electron chi connectivity index (χ1n) is 10.5. The first-order valence-corrected chi connectivity index (χ1v) is 12.0. The third-order valence-corrected chi connectivity index (χ3v) is 7.60. The van der Waals surface area contributed by atoms with Crippen molar-refractivity contribution in [1.82, 2.24) is 9.29 Å². The van der Waals surface area contributed by atoms with Crippen molar-refractivity contribution in [1.29, 1.82) is 0 Å². The zero-order chi connectivity index (χ0) is 21.8. The lowest BCUT2D eigenvalue weighted by molar-refractivity contribution is -0.116. The minimum Gasteiger partial charge on any atom is -0.495 e. The van der Waals surface area contributed by atoms with Gasteiger partial charge in [-0.1, -0.05) is 24.6 Å². The van der Waals surface area contributed by atoms with Crippen molar-refractivity contribution in [2.45, 2.75) is 37.0 Å². The van der Waals surface area contributed by atoms with Crippen LogP contribution >= 0.6 is 0 Å². The van der Waals surface area contributed by atoms with E-state index in [1.54, 1.807) is 12.1 Å². The molecule has 2 heterocycles. The fourth-order valence-electron chi connectivity index (χ4n) is 4.01. The molecule has 1 fully saturated rings. The van der Waals surface area contributed by atoms with E-state index in [0.29, 0.717) is 31.6 Å². The number of para-hydroxylation sites is 1. The molecule has 3 aromatic rings. The van der Waals surface area contributed by atoms with Crippen LogP contribution in [0, 0.1) is 0 Å². The predicted octanol–water partition coefficient (Wildman–Crippen LogP) is 3.92. The van der Waals surface area contributed by atoms with Gasteiger partial charge in [-0.25, -0.2) is 8.42 Å². The highest BCUT2D eigenvalue weighted by molar-refractivity contribution is 7.89. The normalized spacial score (nSPS) is 15.1. The van der Waals surface area contributed by atoms with E-state index in [0.717, 1.165) is 35.7 Å². The number of nitrogens with one attached hydrogen (secondary N) is 2. The van der Waals surface area contributed by atoms with Gasteiger partial charge in [0, 0.05) is 42.3 Å². The maximum atomic E-state index is 13.1. The van der Waals surface area contributed by atoms with E-state index >= 15 is 0 Å². The summed E-state index contributed by atoms with van der Waals surface area (Å²) in [6.07, 6.45) is 5.55. The number of nitrogens with zero attached hydrogens (tertiary/aromatic N) is 1. The molecule has 1 aliphatic heterocycles. The number of aromatic nitrogens is 1. The zero-order valence-corrected chi connectivity index (χ0v) is 18.4. The number of fused-ring (bicyclic) bond motifs is 1. The number of hydrogen-bond donors (Lipinski definition) is 2. The van der Waals surface area contributed by atoms with Crippen LogP contribution < -0.4 is 10.1 Å². The molecule has 0 aliphatic carbocycles. The average molecular weight is 442 g/mol. The fourth-order valence-corrected chi connectivity index (χ4v) is 5.71. The second-order valence-electron chi connectivity index (χ2n) is 7.74. The average Bonchev–Trinajstić information content (AvgIpc) is 3.21. The zero-order valence-electron chi connectivity index (χ0n) is 17.6. The van der Waals surface area contributed by atoms with Crippen molar-refractivity contribution in [3.8, 4) is 5.75 Å². The molecular formula is C23H27N3O4S. The molecular weight excluding hydrogens is 414 g/mol. The van der Waals surface area contributed by atoms with Crippen molar-refractivity contribution in [3.63, 3.8) is 0 Å². The molecule has 0 radical (unpaired) electrons. The number of anilines is 1. The summed E-state index contributed by atoms with van der Waals surface area (Å²) in [5, 5.41) is 3.94. The summed E-state index contributed by atoms with van der Waals surface area (Å²) in [4.78, 5) is 15.9. The molecule has 0 spiro atoms. The summed E-state index contributed by atoms with van der Waals surface area (Å²) < 4.78 is 33.1. The minimum absolute atomic E-state index is 0.0892. The Kier molecular flexibility index (Phi) is 6.29. The molecule has 0 bridgehead atoms. The van der Waals surface area contributed by atoms with Gasteiger partial charge in [-0.3, -0.25) is 4.79 Å². The Morgan fingerprint density at radius 3 is 2.68 bits per heavy atom. The van der Waals surface area contributed by atoms with Crippen LogP contribution in [0.2, 0.25) is 0 Å². The van der Waals surface area contributed by atoms with E-state index in [9.17, 15) is 13.2 Å². The third kappa shape index (κ3) is 4.60. The molecule has 1 amide bonds. The van der Waals surface area contributed by atoms with Gasteiger partial charge in [-0.2, -0.15) is 4.31 Å². The Hall–Kier alpha value is -2.84. The molecule has 1 aliphatic rings. The molecule has 31 heavy (non-hydrogen) atoms. The van der Waals surface area contributed by atoms with Gasteiger partial charge in [0.05, 0.1) is 7.11 Å². The smallest absolute Gasteiger partial charge is 0.246 e. The second-order valence-corrected chi connectivity index (χ2v) is 9.64. The van der Waals surface area contributed by atoms with Gasteiger partial charge >= 0.3 is 0 Å². The molecule has 2 N–H and O–H groups in total. The largest absolute Gasteiger partial charge is 0.495 e. The Labute approximate surface area is 182 Å². The molecule has 0 saturated carbocycles. The molecule has 7 nitrogen and oxygen atoms in total. The second kappa shape index (κ2) is 9.11. The summed E-state index contributed by atoms with van der Waals surface area (Å²) >= 11 is 0. The van der Waals surface area contributed by atoms with Gasteiger partial charge in [0.15, 0.2) is 0 Å². The topological polar surface area (TPSA) is 91.5 Å². The first-order chi connectivity index (χ1) is 15.0. The number of aromatic amines is 1. The van der Waals surface area contributed by atoms with Crippen molar-refractivity contribution >= 4 is 32.5 Å². The van der Waals surface area contributed by atoms with Crippen molar-refractivity contribution in [2.75, 3.05) is 25.5 Å². The third-order valence-electron chi connectivity index (χ3n) is 5.68. The van der Waals surface area contributed by atoms with E-state index < -0.39 is 10.0 Å². The number of H-pyrrole nitrogens is 1. The molecule has 8 heteroatoms. The lowest BCUT2D eigenvalue weighted by Gasteiger charge is -2.26. The first kappa shape index (κ1) is 21.4. The van der Waals surface area contributed by atoms with E-state index in [2.05, 4.69) is 10.3 Å². The number of carbonyl (C=O) groups excluding carboxylic acids is 1. The Bertz CT molecular complexity index is 1180. The van der Waals surface area contributed by atoms with Crippen LogP contribution in [0.3, 0.4) is 0 Å². The Morgan fingerprint density at radius 1 is 1.13 bits per heavy atom. The van der Waals surface area contributed by atoms with E-state index in [1.165, 1.54) is 17.5 Å². The summed E-state index contributed by atoms with van der Waals surface area (Å²) in [6, 6.07) is 12.7. The number of methoxy groups -OCH3 is 1. The van der Waals surface area contributed by atoms with Gasteiger partial charge in [0.1, 0.15) is 10.6 Å². The lowest BCUT2D eigenvalue weighted by Crippen LogP contribution is -2.35. The lowest BCUT2D eigenvalue weighted by atomic mass is 10.1. The highest BCUT2D eigenvalue weighted by atomic mass is 32.2. The number of aryl methyl sites for hydroxylation is 1. The minimum atomic E-state index is -3.68. The van der Waals surface area contributed by atoms with Crippen LogP contribution in [0.15, 0.2) is 53.6 Å². The maximum absolute atomic E-state index is 13.1. The highest BCUT2D eigenvalue weighted by Gasteiger charge is 2.29. The van der Waals surface area contributed by atoms with E-state index in [1.807, 2.05) is 30.5 Å². The van der Waals surface area contributed by atoms with Crippen LogP contribution in [-0.4, -0.2) is 43.8 Å². The fraction of sp³-hybridized carbons (Fsp3) is 0.348. The quantitative estimate of drug-likeness (QED) is 0.581. The van der Waals surface area contributed by atoms with Crippen LogP contribution in [0.4, 0.5) is 5.69 Å². The number of benzene rings is 2. The SMILES string of the molecule is COc1ccc(NC(=O)CCc2c[nH]c3ccccc23)cc1S(=O)(=O)N1CCCCC1. The number of piperidine rings is 1. The van der Waals surface area contributed by atoms with Gasteiger partial charge in [-0.05, 0) is 49.1 Å². The van der Waals surface area contributed by atoms with Crippen molar-refractivity contribution in [2.24, 2.45) is 0 Å². The monoisotopic (exact) mass is 441 g/mol. The number of sulfonamides is 1. The predicted molar refractivity (Wildman–Crippen MR) is 121 cm³/mol. The highest BCUT2D eigenvalue weighted by Crippen LogP contribution is 2.31. The maximum Gasteiger partial charge on any atom is 0.246 e. The summed E-state index contributed by atoms with van der Waals surface area (Å²) in [6.45, 7) is 1.01. The van der Waals surface area contributed by atoms with Crippen LogP contribution in [0.25, 0.3) is 10.9 Å². The van der Waals surface area contributed by atoms with Crippen molar-refractivity contribution < 1.29 is 17.9 Å². The summed E-state index contributed by atoms with van der Waals surface area (Å²) in [7, 11) is -2.23. The van der Waals surface area contributed by atoms with Gasteiger partial charge in [0.25, 0.3) is 0 Å². The van der Waals surface area contributed by atoms with E-state index in [4.69, 9.17) is 4.74 Å². The van der Waals surface area contributed by atoms with Gasteiger partial charge in [-0.15, -0.1) is 0 Å². The molecule has 1 aromatic heterocycles. The number of amides is 1. The Morgan fingerprint density at radius 2 is 1.90 bits per heavy atom. The summed E-state index contributed by atoms with van der Waals surface area (Å²) in [5.74, 6) is 0.110. The molecule has 0 unspecified atom stereocenters. The van der Waals surface area contributed by atoms with Crippen LogP contribution in [0.5, 0.6) is 5.75 Å². The van der Waals surface area contributed by atoms with Crippen LogP contribution in [0.1, 0.15) is 31.2 Å². The standard InChI is InChI=1S/C23H27N3O4S/c1-30-21-11-10-18(15-22(21)31(28,29)26-13-5-2-6-14-26)25-23(27)12-9-17-16-24-20-8-4-3-7-19(17)20/h3-4,7-8,10-11,15-16,24H,2,5-6,9,12-14H2,1H3,(H,25,27). The van der Waals surface area contributed by atoms with E-state index in [-0.39, 0.29) is 16.6 Å². The molecule has 164 valence electrons. The molecule has 1 saturated heterocycles. The van der Waals surface area contributed by atoms with Crippen LogP contribution in [-0.2, 0) is 21.2 Å². The Balaban J connectivity index is 1.48. The molecule has 2 aromatic carbocycles. The number of ether oxygens (including phenoxy) is 1. The number of carbonyl (C=O) groups is 1. The molecule has 4 rings (SSSR count). The summed E-state index contributed by atoms with van der Waals surface area (Å²) in [5.41, 5.74) is 2.56. The number of rotatable bonds is 7. The van der Waals surface area contributed by atoms with Gasteiger partial charge in [0.2, 0.25) is 15.9 Å². The van der Waals surface area contributed by atoms with Crippen molar-refractivity contribution in [3.05, 3.63) is 54.2 Å². The number of hydrogen-bond acceptors (Lipinski definition) is 4.